The highest BCUT2D eigenvalue weighted by atomic mass is 35.5. The van der Waals surface area contributed by atoms with Crippen LogP contribution in [0.4, 0.5) is 11.4 Å². The second kappa shape index (κ2) is 10.8. The van der Waals surface area contributed by atoms with Crippen molar-refractivity contribution in [2.75, 3.05) is 18.1 Å². The van der Waals surface area contributed by atoms with Crippen LogP contribution < -0.4 is 10.1 Å². The van der Waals surface area contributed by atoms with Gasteiger partial charge in [-0.2, -0.15) is 0 Å². The van der Waals surface area contributed by atoms with E-state index in [2.05, 4.69) is 10.2 Å². The fourth-order valence-corrected chi connectivity index (χ4v) is 4.15. The van der Waals surface area contributed by atoms with E-state index in [1.165, 1.54) is 0 Å². The molecule has 1 atom stereocenters. The van der Waals surface area contributed by atoms with Gasteiger partial charge in [-0.3, -0.25) is 4.79 Å². The minimum absolute atomic E-state index is 0. The summed E-state index contributed by atoms with van der Waals surface area (Å²) in [5.41, 5.74) is 1.59. The Balaban J connectivity index is 0.00000300. The standard InChI is InChI=1S/C21H24ClN3O2S.ClH/c1-14(2)27-19-6-4-5-17(11-19)24-21-25(3)18(13-28-21)12-20(26)23-16-9-7-15(22)8-10-16;/h4-11,14,18H,12-13H2,1-3H3,(H,23,26);1H/b24-21-;. The molecule has 1 amide bonds. The SMILES string of the molecule is CC(C)Oc1cccc(/N=C2\SCC(CC(=O)Nc3ccc(Cl)cc3)N2C)c1.Cl. The van der Waals surface area contributed by atoms with E-state index in [-0.39, 0.29) is 30.5 Å². The molecule has 156 valence electrons. The van der Waals surface area contributed by atoms with Crippen LogP contribution in [0, 0.1) is 0 Å². The second-order valence-corrected chi connectivity index (χ2v) is 8.32. The number of amides is 1. The van der Waals surface area contributed by atoms with E-state index in [1.807, 2.05) is 45.2 Å². The van der Waals surface area contributed by atoms with Crippen molar-refractivity contribution in [1.29, 1.82) is 0 Å². The molecule has 2 aromatic rings. The molecule has 1 N–H and O–H groups in total. The van der Waals surface area contributed by atoms with Crippen molar-refractivity contribution < 1.29 is 9.53 Å². The first kappa shape index (κ1) is 23.4. The molecule has 1 aliphatic rings. The smallest absolute Gasteiger partial charge is 0.226 e. The number of aliphatic imine (C=N–C) groups is 1. The van der Waals surface area contributed by atoms with Gasteiger partial charge in [-0.1, -0.05) is 29.4 Å². The third-order valence-electron chi connectivity index (χ3n) is 4.22. The zero-order chi connectivity index (χ0) is 20.1. The molecule has 0 saturated carbocycles. The van der Waals surface area contributed by atoms with Crippen molar-refractivity contribution in [3.8, 4) is 5.75 Å². The van der Waals surface area contributed by atoms with Crippen molar-refractivity contribution in [1.82, 2.24) is 4.90 Å². The van der Waals surface area contributed by atoms with Crippen LogP contribution in [0.2, 0.25) is 5.02 Å². The van der Waals surface area contributed by atoms with Crippen LogP contribution in [0.5, 0.6) is 5.75 Å². The average Bonchev–Trinajstić information content (AvgIpc) is 2.97. The molecule has 0 aliphatic carbocycles. The molecule has 1 unspecified atom stereocenters. The highest BCUT2D eigenvalue weighted by molar-refractivity contribution is 8.14. The predicted molar refractivity (Wildman–Crippen MR) is 125 cm³/mol. The van der Waals surface area contributed by atoms with Crippen molar-refractivity contribution in [3.05, 3.63) is 53.6 Å². The number of anilines is 1. The number of amidine groups is 1. The van der Waals surface area contributed by atoms with E-state index in [9.17, 15) is 4.79 Å². The molecule has 3 rings (SSSR count). The van der Waals surface area contributed by atoms with Crippen LogP contribution in [0.15, 0.2) is 53.5 Å². The van der Waals surface area contributed by atoms with Crippen LogP contribution in [0.25, 0.3) is 0 Å². The third-order valence-corrected chi connectivity index (χ3v) is 5.66. The number of carbonyl (C=O) groups excluding carboxylic acids is 1. The van der Waals surface area contributed by atoms with Crippen LogP contribution in [-0.4, -0.2) is 40.9 Å². The van der Waals surface area contributed by atoms with E-state index < -0.39 is 0 Å². The molecule has 1 heterocycles. The third kappa shape index (κ3) is 6.84. The zero-order valence-corrected chi connectivity index (χ0v) is 19.0. The fraction of sp³-hybridized carbons (Fsp3) is 0.333. The number of hydrogen-bond acceptors (Lipinski definition) is 4. The fourth-order valence-electron chi connectivity index (χ4n) is 2.82. The number of halogens is 2. The maximum atomic E-state index is 12.4. The predicted octanol–water partition coefficient (Wildman–Crippen LogP) is 5.61. The Kier molecular flexibility index (Phi) is 8.68. The Morgan fingerprint density at radius 3 is 2.72 bits per heavy atom. The van der Waals surface area contributed by atoms with Crippen LogP contribution in [0.1, 0.15) is 20.3 Å². The molecular weight excluding hydrogens is 429 g/mol. The minimum atomic E-state index is -0.0200. The van der Waals surface area contributed by atoms with Crippen LogP contribution in [-0.2, 0) is 4.79 Å². The summed E-state index contributed by atoms with van der Waals surface area (Å²) in [6, 6.07) is 15.0. The lowest BCUT2D eigenvalue weighted by Crippen LogP contribution is -2.33. The normalized spacial score (nSPS) is 17.3. The number of carbonyl (C=O) groups is 1. The monoisotopic (exact) mass is 453 g/mol. The number of thioether (sulfide) groups is 1. The summed E-state index contributed by atoms with van der Waals surface area (Å²) >= 11 is 7.54. The molecule has 2 aromatic carbocycles. The molecule has 1 fully saturated rings. The summed E-state index contributed by atoms with van der Waals surface area (Å²) in [6.45, 7) is 4.00. The number of nitrogens with one attached hydrogen (secondary N) is 1. The van der Waals surface area contributed by atoms with E-state index in [0.29, 0.717) is 11.4 Å². The topological polar surface area (TPSA) is 53.9 Å². The lowest BCUT2D eigenvalue weighted by Gasteiger charge is -2.20. The summed E-state index contributed by atoms with van der Waals surface area (Å²) < 4.78 is 5.73. The summed E-state index contributed by atoms with van der Waals surface area (Å²) in [5, 5.41) is 4.47. The summed E-state index contributed by atoms with van der Waals surface area (Å²) in [5.74, 6) is 1.61. The van der Waals surface area contributed by atoms with E-state index in [0.717, 1.165) is 28.0 Å². The van der Waals surface area contributed by atoms with Gasteiger partial charge >= 0.3 is 0 Å². The first-order valence-corrected chi connectivity index (χ1v) is 10.5. The van der Waals surface area contributed by atoms with Gasteiger partial charge in [0.1, 0.15) is 5.75 Å². The summed E-state index contributed by atoms with van der Waals surface area (Å²) in [7, 11) is 1.98. The molecule has 8 heteroatoms. The molecule has 0 aromatic heterocycles. The molecule has 5 nitrogen and oxygen atoms in total. The molecule has 0 bridgehead atoms. The highest BCUT2D eigenvalue weighted by Crippen LogP contribution is 2.29. The number of hydrogen-bond donors (Lipinski definition) is 1. The van der Waals surface area contributed by atoms with Crippen LogP contribution in [0.3, 0.4) is 0 Å². The van der Waals surface area contributed by atoms with Crippen molar-refractivity contribution in [2.24, 2.45) is 4.99 Å². The number of benzene rings is 2. The van der Waals surface area contributed by atoms with Gasteiger partial charge in [0.15, 0.2) is 5.17 Å². The highest BCUT2D eigenvalue weighted by Gasteiger charge is 2.29. The van der Waals surface area contributed by atoms with Gasteiger partial charge in [-0.15, -0.1) is 12.4 Å². The largest absolute Gasteiger partial charge is 0.491 e. The van der Waals surface area contributed by atoms with Gasteiger partial charge in [0.25, 0.3) is 0 Å². The second-order valence-electron chi connectivity index (χ2n) is 6.89. The maximum absolute atomic E-state index is 12.4. The molecule has 0 radical (unpaired) electrons. The molecule has 1 saturated heterocycles. The Labute approximate surface area is 187 Å². The van der Waals surface area contributed by atoms with Gasteiger partial charge in [0, 0.05) is 42.0 Å². The van der Waals surface area contributed by atoms with Crippen molar-refractivity contribution in [2.45, 2.75) is 32.4 Å². The molecule has 1 aliphatic heterocycles. The summed E-state index contributed by atoms with van der Waals surface area (Å²) in [6.07, 6.45) is 0.525. The van der Waals surface area contributed by atoms with Gasteiger partial charge < -0.3 is 15.0 Å². The molecular formula is C21H25Cl2N3O2S. The molecule has 29 heavy (non-hydrogen) atoms. The average molecular weight is 454 g/mol. The number of ether oxygens (including phenoxy) is 1. The number of rotatable bonds is 6. The number of nitrogens with zero attached hydrogens (tertiary/aromatic N) is 2. The lowest BCUT2D eigenvalue weighted by atomic mass is 10.2. The Morgan fingerprint density at radius 1 is 1.31 bits per heavy atom. The van der Waals surface area contributed by atoms with Gasteiger partial charge in [-0.05, 0) is 50.2 Å². The van der Waals surface area contributed by atoms with Crippen LogP contribution >= 0.6 is 35.8 Å². The van der Waals surface area contributed by atoms with Gasteiger partial charge in [-0.25, -0.2) is 4.99 Å². The maximum Gasteiger partial charge on any atom is 0.226 e. The molecule has 0 spiro atoms. The first-order chi connectivity index (χ1) is 13.4. The summed E-state index contributed by atoms with van der Waals surface area (Å²) in [4.78, 5) is 19.2. The Hall–Kier alpha value is -1.89. The lowest BCUT2D eigenvalue weighted by molar-refractivity contribution is -0.116. The van der Waals surface area contributed by atoms with Gasteiger partial charge in [0.2, 0.25) is 5.91 Å². The van der Waals surface area contributed by atoms with Gasteiger partial charge in [0.05, 0.1) is 11.8 Å². The van der Waals surface area contributed by atoms with E-state index in [1.54, 1.807) is 36.0 Å². The first-order valence-electron chi connectivity index (χ1n) is 9.17. The van der Waals surface area contributed by atoms with Crippen molar-refractivity contribution in [3.63, 3.8) is 0 Å². The zero-order valence-electron chi connectivity index (χ0n) is 16.6. The van der Waals surface area contributed by atoms with E-state index in [4.69, 9.17) is 21.3 Å². The Morgan fingerprint density at radius 2 is 2.03 bits per heavy atom. The quantitative estimate of drug-likeness (QED) is 0.616. The minimum Gasteiger partial charge on any atom is -0.491 e. The Bertz CT molecular complexity index is 859. The van der Waals surface area contributed by atoms with E-state index >= 15 is 0 Å². The van der Waals surface area contributed by atoms with Crippen molar-refractivity contribution >= 4 is 58.2 Å².